The first-order valence-corrected chi connectivity index (χ1v) is 5.73. The number of hydrogen-bond donors (Lipinski definition) is 0. The molecule has 3 heteroatoms. The fourth-order valence-electron chi connectivity index (χ4n) is 2.17. The van der Waals surface area contributed by atoms with Crippen molar-refractivity contribution in [3.05, 3.63) is 29.6 Å². The van der Waals surface area contributed by atoms with E-state index in [4.69, 9.17) is 4.74 Å². The van der Waals surface area contributed by atoms with Crippen LogP contribution in [0.4, 0.5) is 10.1 Å². The van der Waals surface area contributed by atoms with Gasteiger partial charge in [-0.25, -0.2) is 4.39 Å². The van der Waals surface area contributed by atoms with E-state index in [1.807, 2.05) is 26.0 Å². The van der Waals surface area contributed by atoms with Crippen LogP contribution in [0.15, 0.2) is 18.2 Å². The van der Waals surface area contributed by atoms with E-state index in [2.05, 4.69) is 4.90 Å². The van der Waals surface area contributed by atoms with Gasteiger partial charge in [-0.05, 0) is 38.5 Å². The maximum atomic E-state index is 13.5. The Bertz CT molecular complexity index is 370. The number of morpholine rings is 1. The lowest BCUT2D eigenvalue weighted by Crippen LogP contribution is -2.45. The highest BCUT2D eigenvalue weighted by molar-refractivity contribution is 5.48. The Morgan fingerprint density at radius 1 is 1.25 bits per heavy atom. The quantitative estimate of drug-likeness (QED) is 0.726. The summed E-state index contributed by atoms with van der Waals surface area (Å²) in [6.45, 7) is 7.53. The topological polar surface area (TPSA) is 12.5 Å². The molecule has 0 N–H and O–H groups in total. The maximum Gasteiger partial charge on any atom is 0.128 e. The smallest absolute Gasteiger partial charge is 0.128 e. The van der Waals surface area contributed by atoms with E-state index in [1.54, 1.807) is 13.0 Å². The highest BCUT2D eigenvalue weighted by Crippen LogP contribution is 2.22. The Morgan fingerprint density at radius 3 is 2.44 bits per heavy atom. The Balaban J connectivity index is 2.19. The van der Waals surface area contributed by atoms with Crippen LogP contribution in [0, 0.1) is 12.7 Å². The van der Waals surface area contributed by atoms with E-state index < -0.39 is 0 Å². The number of rotatable bonds is 1. The minimum atomic E-state index is -0.135. The van der Waals surface area contributed by atoms with Crippen LogP contribution in [0.1, 0.15) is 19.4 Å². The number of nitrogens with zero attached hydrogens (tertiary/aromatic N) is 1. The molecular formula is C13H18FNO. The molecule has 88 valence electrons. The average Bonchev–Trinajstić information content (AvgIpc) is 2.20. The van der Waals surface area contributed by atoms with Crippen LogP contribution in [0.2, 0.25) is 0 Å². The van der Waals surface area contributed by atoms with Crippen molar-refractivity contribution in [2.75, 3.05) is 18.0 Å². The van der Waals surface area contributed by atoms with Gasteiger partial charge in [0.1, 0.15) is 5.82 Å². The van der Waals surface area contributed by atoms with Crippen molar-refractivity contribution in [1.82, 2.24) is 0 Å². The summed E-state index contributed by atoms with van der Waals surface area (Å²) in [5.74, 6) is -0.135. The van der Waals surface area contributed by atoms with Crippen molar-refractivity contribution in [3.8, 4) is 0 Å². The third-order valence-electron chi connectivity index (χ3n) is 2.94. The summed E-state index contributed by atoms with van der Waals surface area (Å²) in [6.07, 6.45) is 0.404. The molecule has 2 rings (SSSR count). The summed E-state index contributed by atoms with van der Waals surface area (Å²) in [6, 6.07) is 5.42. The van der Waals surface area contributed by atoms with Gasteiger partial charge in [0.15, 0.2) is 0 Å². The maximum absolute atomic E-state index is 13.5. The number of anilines is 1. The van der Waals surface area contributed by atoms with Crippen LogP contribution in [0.5, 0.6) is 0 Å². The van der Waals surface area contributed by atoms with Gasteiger partial charge in [-0.15, -0.1) is 0 Å². The van der Waals surface area contributed by atoms with Gasteiger partial charge in [0, 0.05) is 18.8 Å². The molecular weight excluding hydrogens is 205 g/mol. The SMILES string of the molecule is Cc1ccc(N2CC(C)OC(C)C2)cc1F. The van der Waals surface area contributed by atoms with Crippen LogP contribution in [-0.4, -0.2) is 25.3 Å². The number of ether oxygens (including phenoxy) is 1. The summed E-state index contributed by atoms with van der Waals surface area (Å²) in [5, 5.41) is 0. The van der Waals surface area contributed by atoms with Crippen LogP contribution >= 0.6 is 0 Å². The first kappa shape index (κ1) is 11.4. The minimum Gasteiger partial charge on any atom is -0.372 e. The lowest BCUT2D eigenvalue weighted by Gasteiger charge is -2.36. The second kappa shape index (κ2) is 4.42. The average molecular weight is 223 g/mol. The normalized spacial score (nSPS) is 25.9. The van der Waals surface area contributed by atoms with Crippen molar-refractivity contribution in [2.24, 2.45) is 0 Å². The van der Waals surface area contributed by atoms with Gasteiger partial charge in [0.2, 0.25) is 0 Å². The van der Waals surface area contributed by atoms with Gasteiger partial charge in [-0.3, -0.25) is 0 Å². The molecule has 1 aliphatic rings. The lowest BCUT2D eigenvalue weighted by atomic mass is 10.1. The summed E-state index contributed by atoms with van der Waals surface area (Å²) < 4.78 is 19.1. The molecule has 1 saturated heterocycles. The predicted octanol–water partition coefficient (Wildman–Crippen LogP) is 2.75. The van der Waals surface area contributed by atoms with Crippen molar-refractivity contribution < 1.29 is 9.13 Å². The van der Waals surface area contributed by atoms with Crippen molar-refractivity contribution in [2.45, 2.75) is 33.0 Å². The number of benzene rings is 1. The molecule has 0 aromatic heterocycles. The highest BCUT2D eigenvalue weighted by Gasteiger charge is 2.22. The van der Waals surface area contributed by atoms with Crippen molar-refractivity contribution in [3.63, 3.8) is 0 Å². The standard InChI is InChI=1S/C13H18FNO/c1-9-4-5-12(6-13(9)14)15-7-10(2)16-11(3)8-15/h4-6,10-11H,7-8H2,1-3H3. The van der Waals surface area contributed by atoms with Crippen LogP contribution in [0.3, 0.4) is 0 Å². The highest BCUT2D eigenvalue weighted by atomic mass is 19.1. The third-order valence-corrected chi connectivity index (χ3v) is 2.94. The molecule has 1 aliphatic heterocycles. The van der Waals surface area contributed by atoms with Crippen LogP contribution < -0.4 is 4.90 Å². The van der Waals surface area contributed by atoms with Crippen molar-refractivity contribution >= 4 is 5.69 Å². The van der Waals surface area contributed by atoms with Crippen LogP contribution in [0.25, 0.3) is 0 Å². The van der Waals surface area contributed by atoms with E-state index in [0.717, 1.165) is 18.8 Å². The fourth-order valence-corrected chi connectivity index (χ4v) is 2.17. The van der Waals surface area contributed by atoms with Gasteiger partial charge >= 0.3 is 0 Å². The first-order chi connectivity index (χ1) is 7.56. The van der Waals surface area contributed by atoms with E-state index >= 15 is 0 Å². The second-order valence-electron chi connectivity index (χ2n) is 4.60. The zero-order chi connectivity index (χ0) is 11.7. The summed E-state index contributed by atoms with van der Waals surface area (Å²) in [4.78, 5) is 2.18. The Hall–Kier alpha value is -1.09. The Kier molecular flexibility index (Phi) is 3.15. The van der Waals surface area contributed by atoms with Gasteiger partial charge < -0.3 is 9.64 Å². The molecule has 2 nitrogen and oxygen atoms in total. The summed E-state index contributed by atoms with van der Waals surface area (Å²) >= 11 is 0. The lowest BCUT2D eigenvalue weighted by molar-refractivity contribution is -0.00523. The van der Waals surface area contributed by atoms with Crippen LogP contribution in [-0.2, 0) is 4.74 Å². The number of halogens is 1. The first-order valence-electron chi connectivity index (χ1n) is 5.73. The fraction of sp³-hybridized carbons (Fsp3) is 0.538. The van der Waals surface area contributed by atoms with E-state index in [9.17, 15) is 4.39 Å². The second-order valence-corrected chi connectivity index (χ2v) is 4.60. The van der Waals surface area contributed by atoms with Gasteiger partial charge in [0.25, 0.3) is 0 Å². The molecule has 0 bridgehead atoms. The van der Waals surface area contributed by atoms with E-state index in [1.165, 1.54) is 0 Å². The molecule has 1 heterocycles. The molecule has 2 atom stereocenters. The van der Waals surface area contributed by atoms with Gasteiger partial charge in [-0.2, -0.15) is 0 Å². The largest absolute Gasteiger partial charge is 0.372 e. The molecule has 1 aromatic rings. The Morgan fingerprint density at radius 2 is 1.88 bits per heavy atom. The molecule has 0 amide bonds. The Labute approximate surface area is 96.0 Å². The molecule has 1 aromatic carbocycles. The van der Waals surface area contributed by atoms with Crippen molar-refractivity contribution in [1.29, 1.82) is 0 Å². The zero-order valence-corrected chi connectivity index (χ0v) is 10.0. The molecule has 1 fully saturated rings. The van der Waals surface area contributed by atoms with E-state index in [-0.39, 0.29) is 18.0 Å². The molecule has 16 heavy (non-hydrogen) atoms. The molecule has 2 unspecified atom stereocenters. The molecule has 0 radical (unpaired) electrons. The predicted molar refractivity (Wildman–Crippen MR) is 63.4 cm³/mol. The van der Waals surface area contributed by atoms with Gasteiger partial charge in [-0.1, -0.05) is 6.07 Å². The third kappa shape index (κ3) is 2.35. The van der Waals surface area contributed by atoms with Gasteiger partial charge in [0.05, 0.1) is 12.2 Å². The number of aryl methyl sites for hydroxylation is 1. The molecule has 0 aliphatic carbocycles. The minimum absolute atomic E-state index is 0.135. The molecule has 0 spiro atoms. The zero-order valence-electron chi connectivity index (χ0n) is 10.0. The molecule has 0 saturated carbocycles. The number of hydrogen-bond acceptors (Lipinski definition) is 2. The summed E-state index contributed by atoms with van der Waals surface area (Å²) in [5.41, 5.74) is 1.64. The summed E-state index contributed by atoms with van der Waals surface area (Å²) in [7, 11) is 0. The monoisotopic (exact) mass is 223 g/mol. The van der Waals surface area contributed by atoms with E-state index in [0.29, 0.717) is 5.56 Å².